The summed E-state index contributed by atoms with van der Waals surface area (Å²) in [5.74, 6) is -1.10. The molecule has 1 N–H and O–H groups in total. The van der Waals surface area contributed by atoms with E-state index in [1.165, 1.54) is 24.5 Å². The first-order valence-electron chi connectivity index (χ1n) is 8.39. The molecule has 0 fully saturated rings. The van der Waals surface area contributed by atoms with Crippen molar-refractivity contribution < 1.29 is 19.1 Å². The fourth-order valence-electron chi connectivity index (χ4n) is 2.56. The van der Waals surface area contributed by atoms with Crippen LogP contribution in [0.15, 0.2) is 79.1 Å². The van der Waals surface area contributed by atoms with Gasteiger partial charge in [0.05, 0.1) is 5.56 Å². The van der Waals surface area contributed by atoms with Gasteiger partial charge in [-0.25, -0.2) is 4.79 Å². The number of ether oxygens (including phenoxy) is 1. The van der Waals surface area contributed by atoms with Crippen LogP contribution < -0.4 is 10.0 Å². The van der Waals surface area contributed by atoms with E-state index in [2.05, 4.69) is 5.32 Å². The third kappa shape index (κ3) is 5.15. The number of carbonyl (C=O) groups is 2. The molecule has 2 aromatic carbocycles. The molecule has 0 atom stereocenters. The number of benzene rings is 2. The first kappa shape index (κ1) is 18.1. The lowest BCUT2D eigenvalue weighted by Crippen LogP contribution is -2.25. The van der Waals surface area contributed by atoms with Gasteiger partial charge < -0.3 is 15.3 Å². The molecule has 0 saturated heterocycles. The van der Waals surface area contributed by atoms with Gasteiger partial charge in [0.25, 0.3) is 5.91 Å². The fraction of sp³-hybridized carbons (Fsp3) is 0.0952. The van der Waals surface area contributed by atoms with Crippen LogP contribution in [0.3, 0.4) is 0 Å². The molecule has 1 heterocycles. The number of carbonyl (C=O) groups excluding carboxylic acids is 2. The van der Waals surface area contributed by atoms with E-state index in [1.54, 1.807) is 0 Å². The van der Waals surface area contributed by atoms with Gasteiger partial charge >= 0.3 is 5.97 Å². The number of nitrogens with zero attached hydrogens (tertiary/aromatic N) is 1. The molecular formula is C21H18N2O4. The number of para-hydroxylation sites is 1. The van der Waals surface area contributed by atoms with E-state index in [0.29, 0.717) is 16.8 Å². The fourth-order valence-corrected chi connectivity index (χ4v) is 2.56. The second kappa shape index (κ2) is 8.62. The van der Waals surface area contributed by atoms with E-state index in [4.69, 9.17) is 4.74 Å². The molecule has 0 aliphatic carbocycles. The standard InChI is InChI=1S/C21H18N2O4/c24-20(15-27-21(25)17-10-12-23(26)13-11-17)22-19-9-5-4-8-18(19)14-16-6-2-1-3-7-16/h1-13H,14-15H2,(H,22,24). The lowest BCUT2D eigenvalue weighted by molar-refractivity contribution is -0.605. The van der Waals surface area contributed by atoms with Gasteiger partial charge in [0.2, 0.25) is 0 Å². The smallest absolute Gasteiger partial charge is 0.339 e. The Morgan fingerprint density at radius 3 is 2.33 bits per heavy atom. The zero-order valence-electron chi connectivity index (χ0n) is 14.5. The summed E-state index contributed by atoms with van der Waals surface area (Å²) in [5.41, 5.74) is 2.98. The van der Waals surface area contributed by atoms with E-state index >= 15 is 0 Å². The molecule has 136 valence electrons. The Morgan fingerprint density at radius 2 is 1.59 bits per heavy atom. The Bertz CT molecular complexity index is 924. The number of amides is 1. The molecule has 0 unspecified atom stereocenters. The number of aromatic nitrogens is 1. The molecule has 1 amide bonds. The normalized spacial score (nSPS) is 10.2. The van der Waals surface area contributed by atoms with Crippen molar-refractivity contribution in [3.05, 3.63) is 101 Å². The maximum atomic E-state index is 12.2. The van der Waals surface area contributed by atoms with Crippen molar-refractivity contribution in [1.82, 2.24) is 0 Å². The summed E-state index contributed by atoms with van der Waals surface area (Å²) < 4.78 is 5.56. The minimum Gasteiger partial charge on any atom is -0.619 e. The Kier molecular flexibility index (Phi) is 5.79. The maximum absolute atomic E-state index is 12.2. The first-order chi connectivity index (χ1) is 13.1. The van der Waals surface area contributed by atoms with Crippen LogP contribution in [0.5, 0.6) is 0 Å². The zero-order chi connectivity index (χ0) is 19.1. The first-order valence-corrected chi connectivity index (χ1v) is 8.39. The number of nitrogens with one attached hydrogen (secondary N) is 1. The molecule has 0 aliphatic rings. The predicted octanol–water partition coefficient (Wildman–Crippen LogP) is 2.71. The van der Waals surface area contributed by atoms with Crippen LogP contribution in [0.4, 0.5) is 5.69 Å². The average Bonchev–Trinajstić information content (AvgIpc) is 2.69. The van der Waals surface area contributed by atoms with Crippen molar-refractivity contribution in [2.24, 2.45) is 0 Å². The minimum absolute atomic E-state index is 0.208. The van der Waals surface area contributed by atoms with Gasteiger partial charge in [-0.3, -0.25) is 4.79 Å². The van der Waals surface area contributed by atoms with Crippen LogP contribution in [-0.4, -0.2) is 18.5 Å². The summed E-state index contributed by atoms with van der Waals surface area (Å²) in [5, 5.41) is 13.8. The Hall–Kier alpha value is -3.67. The van der Waals surface area contributed by atoms with E-state index in [-0.39, 0.29) is 5.56 Å². The van der Waals surface area contributed by atoms with Crippen molar-refractivity contribution in [3.63, 3.8) is 0 Å². The SMILES string of the molecule is O=C(COC(=O)c1cc[n+]([O-])cc1)Nc1ccccc1Cc1ccccc1. The van der Waals surface area contributed by atoms with Crippen molar-refractivity contribution in [2.45, 2.75) is 6.42 Å². The predicted molar refractivity (Wildman–Crippen MR) is 100 cm³/mol. The van der Waals surface area contributed by atoms with Crippen molar-refractivity contribution in [2.75, 3.05) is 11.9 Å². The van der Waals surface area contributed by atoms with Crippen LogP contribution in [0.25, 0.3) is 0 Å². The van der Waals surface area contributed by atoms with E-state index < -0.39 is 18.5 Å². The monoisotopic (exact) mass is 362 g/mol. The quantitative estimate of drug-likeness (QED) is 0.415. The maximum Gasteiger partial charge on any atom is 0.339 e. The second-order valence-electron chi connectivity index (χ2n) is 5.89. The highest BCUT2D eigenvalue weighted by molar-refractivity contribution is 5.95. The topological polar surface area (TPSA) is 82.3 Å². The molecule has 0 bridgehead atoms. The second-order valence-corrected chi connectivity index (χ2v) is 5.89. The van der Waals surface area contributed by atoms with Crippen molar-refractivity contribution in [3.8, 4) is 0 Å². The lowest BCUT2D eigenvalue weighted by Gasteiger charge is -2.11. The highest BCUT2D eigenvalue weighted by Crippen LogP contribution is 2.19. The largest absolute Gasteiger partial charge is 0.619 e. The van der Waals surface area contributed by atoms with Gasteiger partial charge in [-0.1, -0.05) is 48.5 Å². The summed E-state index contributed by atoms with van der Waals surface area (Å²) >= 11 is 0. The average molecular weight is 362 g/mol. The van der Waals surface area contributed by atoms with Crippen LogP contribution in [0.1, 0.15) is 21.5 Å². The molecule has 0 saturated carbocycles. The van der Waals surface area contributed by atoms with Crippen LogP contribution in [0, 0.1) is 5.21 Å². The third-order valence-corrected chi connectivity index (χ3v) is 3.90. The molecule has 6 nitrogen and oxygen atoms in total. The Balaban J connectivity index is 1.59. The number of hydrogen-bond donors (Lipinski definition) is 1. The molecule has 3 rings (SSSR count). The molecule has 27 heavy (non-hydrogen) atoms. The molecular weight excluding hydrogens is 344 g/mol. The zero-order valence-corrected chi connectivity index (χ0v) is 14.5. The Morgan fingerprint density at radius 1 is 0.926 bits per heavy atom. The van der Waals surface area contributed by atoms with E-state index in [9.17, 15) is 14.8 Å². The highest BCUT2D eigenvalue weighted by atomic mass is 16.5. The third-order valence-electron chi connectivity index (χ3n) is 3.90. The van der Waals surface area contributed by atoms with E-state index in [0.717, 1.165) is 11.1 Å². The number of esters is 1. The molecule has 6 heteroatoms. The van der Waals surface area contributed by atoms with Gasteiger partial charge in [-0.2, -0.15) is 4.73 Å². The number of hydrogen-bond acceptors (Lipinski definition) is 4. The molecule has 1 aromatic heterocycles. The van der Waals surface area contributed by atoms with Gasteiger partial charge in [-0.15, -0.1) is 0 Å². The Labute approximate surface area is 156 Å². The lowest BCUT2D eigenvalue weighted by atomic mass is 10.0. The summed E-state index contributed by atoms with van der Waals surface area (Å²) in [6.45, 7) is -0.412. The summed E-state index contributed by atoms with van der Waals surface area (Å²) in [4.78, 5) is 24.1. The number of pyridine rings is 1. The summed E-state index contributed by atoms with van der Waals surface area (Å²) in [6, 6.07) is 20.1. The van der Waals surface area contributed by atoms with Crippen LogP contribution in [0.2, 0.25) is 0 Å². The van der Waals surface area contributed by atoms with Crippen LogP contribution in [-0.2, 0) is 16.0 Å². The number of anilines is 1. The van der Waals surface area contributed by atoms with Gasteiger partial charge in [0, 0.05) is 17.8 Å². The summed E-state index contributed by atoms with van der Waals surface area (Å²) in [6.07, 6.45) is 3.06. The van der Waals surface area contributed by atoms with Crippen molar-refractivity contribution >= 4 is 17.6 Å². The number of rotatable bonds is 6. The van der Waals surface area contributed by atoms with E-state index in [1.807, 2.05) is 54.6 Å². The molecule has 0 radical (unpaired) electrons. The van der Waals surface area contributed by atoms with Gasteiger partial charge in [0.1, 0.15) is 0 Å². The summed E-state index contributed by atoms with van der Waals surface area (Å²) in [7, 11) is 0. The van der Waals surface area contributed by atoms with Crippen LogP contribution >= 0.6 is 0 Å². The van der Waals surface area contributed by atoms with Gasteiger partial charge in [0.15, 0.2) is 19.0 Å². The van der Waals surface area contributed by atoms with Crippen molar-refractivity contribution in [1.29, 1.82) is 0 Å². The highest BCUT2D eigenvalue weighted by Gasteiger charge is 2.12. The molecule has 3 aromatic rings. The molecule has 0 aliphatic heterocycles. The minimum atomic E-state index is -0.664. The van der Waals surface area contributed by atoms with Gasteiger partial charge in [-0.05, 0) is 23.6 Å². The molecule has 0 spiro atoms.